The SMILES string of the molecule is CCCc1c(O)cc(/C(C)=C/c2ccccc2)cc1O. The van der Waals surface area contributed by atoms with Gasteiger partial charge in [-0.25, -0.2) is 0 Å². The Morgan fingerprint density at radius 3 is 2.20 bits per heavy atom. The zero-order valence-corrected chi connectivity index (χ0v) is 11.9. The van der Waals surface area contributed by atoms with E-state index in [2.05, 4.69) is 0 Å². The molecule has 2 heteroatoms. The lowest BCUT2D eigenvalue weighted by Gasteiger charge is -2.10. The highest BCUT2D eigenvalue weighted by Crippen LogP contribution is 2.33. The third kappa shape index (κ3) is 3.21. The molecule has 104 valence electrons. The molecule has 0 aliphatic rings. The molecule has 0 heterocycles. The Morgan fingerprint density at radius 1 is 1.05 bits per heavy atom. The Morgan fingerprint density at radius 2 is 1.65 bits per heavy atom. The minimum Gasteiger partial charge on any atom is -0.508 e. The summed E-state index contributed by atoms with van der Waals surface area (Å²) in [7, 11) is 0. The Labute approximate surface area is 120 Å². The lowest BCUT2D eigenvalue weighted by atomic mass is 9.99. The van der Waals surface area contributed by atoms with Crippen LogP contribution in [0.4, 0.5) is 0 Å². The van der Waals surface area contributed by atoms with E-state index in [9.17, 15) is 10.2 Å². The van der Waals surface area contributed by atoms with E-state index in [0.717, 1.165) is 23.1 Å². The van der Waals surface area contributed by atoms with Gasteiger partial charge in [0, 0.05) is 5.56 Å². The van der Waals surface area contributed by atoms with Crippen molar-refractivity contribution in [1.82, 2.24) is 0 Å². The van der Waals surface area contributed by atoms with Crippen molar-refractivity contribution in [2.75, 3.05) is 0 Å². The number of aromatic hydroxyl groups is 2. The number of phenols is 2. The van der Waals surface area contributed by atoms with Gasteiger partial charge in [0.15, 0.2) is 0 Å². The molecule has 0 bridgehead atoms. The second-order valence-corrected chi connectivity index (χ2v) is 4.98. The average molecular weight is 268 g/mol. The first kappa shape index (κ1) is 14.2. The van der Waals surface area contributed by atoms with E-state index >= 15 is 0 Å². The Hall–Kier alpha value is -2.22. The van der Waals surface area contributed by atoms with Gasteiger partial charge < -0.3 is 10.2 Å². The van der Waals surface area contributed by atoms with Gasteiger partial charge in [-0.15, -0.1) is 0 Å². The fourth-order valence-electron chi connectivity index (χ4n) is 2.26. The molecule has 2 rings (SSSR count). The molecule has 0 aromatic heterocycles. The summed E-state index contributed by atoms with van der Waals surface area (Å²) < 4.78 is 0. The fraction of sp³-hybridized carbons (Fsp3) is 0.222. The summed E-state index contributed by atoms with van der Waals surface area (Å²) >= 11 is 0. The number of phenolic OH excluding ortho intramolecular Hbond substituents is 2. The zero-order valence-electron chi connectivity index (χ0n) is 11.9. The van der Waals surface area contributed by atoms with Crippen molar-refractivity contribution in [1.29, 1.82) is 0 Å². The minimum atomic E-state index is 0.169. The lowest BCUT2D eigenvalue weighted by Crippen LogP contribution is -1.89. The maximum absolute atomic E-state index is 10.0. The van der Waals surface area contributed by atoms with Gasteiger partial charge in [-0.1, -0.05) is 49.8 Å². The van der Waals surface area contributed by atoms with Crippen LogP contribution in [0.5, 0.6) is 11.5 Å². The normalized spacial score (nSPS) is 11.6. The molecule has 0 atom stereocenters. The van der Waals surface area contributed by atoms with Crippen LogP contribution in [0.3, 0.4) is 0 Å². The molecule has 2 N–H and O–H groups in total. The minimum absolute atomic E-state index is 0.169. The molecular weight excluding hydrogens is 248 g/mol. The quantitative estimate of drug-likeness (QED) is 0.795. The molecule has 0 aliphatic heterocycles. The first-order chi connectivity index (χ1) is 9.61. The molecule has 0 aliphatic carbocycles. The van der Waals surface area contributed by atoms with Crippen LogP contribution in [-0.2, 0) is 6.42 Å². The van der Waals surface area contributed by atoms with Crippen LogP contribution in [-0.4, -0.2) is 10.2 Å². The van der Waals surface area contributed by atoms with E-state index in [1.807, 2.05) is 50.3 Å². The van der Waals surface area contributed by atoms with Crippen LogP contribution in [0.25, 0.3) is 11.6 Å². The molecule has 0 amide bonds. The van der Waals surface area contributed by atoms with Crippen LogP contribution in [0, 0.1) is 0 Å². The molecular formula is C18H20O2. The summed E-state index contributed by atoms with van der Waals surface area (Å²) in [5.41, 5.74) is 3.57. The monoisotopic (exact) mass is 268 g/mol. The number of benzene rings is 2. The van der Waals surface area contributed by atoms with Crippen molar-refractivity contribution in [3.8, 4) is 11.5 Å². The van der Waals surface area contributed by atoms with Crippen LogP contribution >= 0.6 is 0 Å². The molecule has 2 nitrogen and oxygen atoms in total. The van der Waals surface area contributed by atoms with Crippen LogP contribution in [0.15, 0.2) is 42.5 Å². The van der Waals surface area contributed by atoms with E-state index in [4.69, 9.17) is 0 Å². The van der Waals surface area contributed by atoms with Crippen molar-refractivity contribution in [3.63, 3.8) is 0 Å². The lowest BCUT2D eigenvalue weighted by molar-refractivity contribution is 0.437. The van der Waals surface area contributed by atoms with Crippen molar-refractivity contribution >= 4 is 11.6 Å². The molecule has 0 radical (unpaired) electrons. The molecule has 2 aromatic rings. The Balaban J connectivity index is 2.36. The van der Waals surface area contributed by atoms with Crippen LogP contribution in [0.1, 0.15) is 37.0 Å². The zero-order chi connectivity index (χ0) is 14.5. The maximum Gasteiger partial charge on any atom is 0.123 e. The van der Waals surface area contributed by atoms with Gasteiger partial charge in [0.1, 0.15) is 11.5 Å². The predicted octanol–water partition coefficient (Wildman–Crippen LogP) is 4.61. The number of rotatable bonds is 4. The summed E-state index contributed by atoms with van der Waals surface area (Å²) in [4.78, 5) is 0. The fourth-order valence-corrected chi connectivity index (χ4v) is 2.26. The molecule has 20 heavy (non-hydrogen) atoms. The molecule has 2 aromatic carbocycles. The predicted molar refractivity (Wildman–Crippen MR) is 83.8 cm³/mol. The van der Waals surface area contributed by atoms with E-state index in [-0.39, 0.29) is 11.5 Å². The third-order valence-electron chi connectivity index (χ3n) is 3.34. The van der Waals surface area contributed by atoms with Gasteiger partial charge in [-0.3, -0.25) is 0 Å². The van der Waals surface area contributed by atoms with Crippen molar-refractivity contribution < 1.29 is 10.2 Å². The molecule has 0 fully saturated rings. The van der Waals surface area contributed by atoms with E-state index < -0.39 is 0 Å². The number of allylic oxidation sites excluding steroid dienone is 1. The van der Waals surface area contributed by atoms with Gasteiger partial charge in [-0.2, -0.15) is 0 Å². The first-order valence-electron chi connectivity index (χ1n) is 6.90. The maximum atomic E-state index is 10.0. The topological polar surface area (TPSA) is 40.5 Å². The largest absolute Gasteiger partial charge is 0.508 e. The molecule has 0 spiro atoms. The standard InChI is InChI=1S/C18H20O2/c1-3-7-16-17(19)11-15(12-18(16)20)13(2)10-14-8-5-4-6-9-14/h4-6,8-12,19-20H,3,7H2,1-2H3/b13-10+. The van der Waals surface area contributed by atoms with E-state index in [1.54, 1.807) is 12.1 Å². The summed E-state index contributed by atoms with van der Waals surface area (Å²) in [6.45, 7) is 3.99. The van der Waals surface area contributed by atoms with Crippen LogP contribution in [0.2, 0.25) is 0 Å². The Bertz CT molecular complexity index is 590. The van der Waals surface area contributed by atoms with Gasteiger partial charge in [0.2, 0.25) is 0 Å². The second-order valence-electron chi connectivity index (χ2n) is 4.98. The smallest absolute Gasteiger partial charge is 0.123 e. The Kier molecular flexibility index (Phi) is 4.46. The molecule has 0 saturated heterocycles. The first-order valence-corrected chi connectivity index (χ1v) is 6.90. The summed E-state index contributed by atoms with van der Waals surface area (Å²) in [5, 5.41) is 20.1. The van der Waals surface area contributed by atoms with Gasteiger partial charge >= 0.3 is 0 Å². The van der Waals surface area contributed by atoms with E-state index in [0.29, 0.717) is 12.0 Å². The van der Waals surface area contributed by atoms with Gasteiger partial charge in [0.05, 0.1) is 0 Å². The van der Waals surface area contributed by atoms with Crippen molar-refractivity contribution in [2.24, 2.45) is 0 Å². The average Bonchev–Trinajstić information content (AvgIpc) is 2.43. The highest BCUT2D eigenvalue weighted by molar-refractivity contribution is 5.81. The summed E-state index contributed by atoms with van der Waals surface area (Å²) in [6, 6.07) is 13.4. The van der Waals surface area contributed by atoms with E-state index in [1.165, 1.54) is 0 Å². The summed E-state index contributed by atoms with van der Waals surface area (Å²) in [6.07, 6.45) is 3.60. The molecule has 0 unspecified atom stereocenters. The van der Waals surface area contributed by atoms with Gasteiger partial charge in [-0.05, 0) is 42.2 Å². The third-order valence-corrected chi connectivity index (χ3v) is 3.34. The highest BCUT2D eigenvalue weighted by atomic mass is 16.3. The van der Waals surface area contributed by atoms with Crippen molar-refractivity contribution in [2.45, 2.75) is 26.7 Å². The molecule has 0 saturated carbocycles. The second kappa shape index (κ2) is 6.29. The van der Waals surface area contributed by atoms with Crippen molar-refractivity contribution in [3.05, 3.63) is 59.2 Å². The number of hydrogen-bond acceptors (Lipinski definition) is 2. The van der Waals surface area contributed by atoms with Gasteiger partial charge in [0.25, 0.3) is 0 Å². The van der Waals surface area contributed by atoms with Crippen LogP contribution < -0.4 is 0 Å². The number of hydrogen-bond donors (Lipinski definition) is 2. The highest BCUT2D eigenvalue weighted by Gasteiger charge is 2.09. The summed E-state index contributed by atoms with van der Waals surface area (Å²) in [5.74, 6) is 0.338.